The zero-order chi connectivity index (χ0) is 41.8. The lowest BCUT2D eigenvalue weighted by molar-refractivity contribution is 0.601. The van der Waals surface area contributed by atoms with Gasteiger partial charge in [0.1, 0.15) is 0 Å². The Hall–Kier alpha value is -7.22. The van der Waals surface area contributed by atoms with Gasteiger partial charge in [-0.2, -0.15) is 0 Å². The highest BCUT2D eigenvalue weighted by Gasteiger charge is 2.47. The lowest BCUT2D eigenvalue weighted by Gasteiger charge is -2.35. The summed E-state index contributed by atoms with van der Waals surface area (Å²) in [6.45, 7) is 9.69. The molecule has 0 unspecified atom stereocenters. The first kappa shape index (κ1) is 36.6. The molecule has 62 heavy (non-hydrogen) atoms. The lowest BCUT2D eigenvalue weighted by Crippen LogP contribution is -2.28. The molecule has 0 N–H and O–H groups in total. The lowest BCUT2D eigenvalue weighted by atomic mass is 9.67. The van der Waals surface area contributed by atoms with E-state index in [0.717, 1.165) is 17.1 Å². The Bertz CT molecular complexity index is 3180. The maximum Gasteiger partial charge on any atom is 0.0714 e. The number of fused-ring (bicyclic) bond motifs is 10. The third kappa shape index (κ3) is 5.03. The van der Waals surface area contributed by atoms with Crippen LogP contribution in [0, 0.1) is 0 Å². The molecule has 9 aromatic rings. The first-order valence-electron chi connectivity index (χ1n) is 22.0. The molecule has 0 spiro atoms. The molecule has 0 bridgehead atoms. The van der Waals surface area contributed by atoms with Crippen LogP contribution in [-0.4, -0.2) is 0 Å². The van der Waals surface area contributed by atoms with E-state index in [4.69, 9.17) is 0 Å². The van der Waals surface area contributed by atoms with Crippen LogP contribution in [0.25, 0.3) is 44.5 Å². The van der Waals surface area contributed by atoms with E-state index in [-0.39, 0.29) is 10.8 Å². The van der Waals surface area contributed by atoms with E-state index in [9.17, 15) is 0 Å². The van der Waals surface area contributed by atoms with Gasteiger partial charge in [0.2, 0.25) is 0 Å². The Morgan fingerprint density at radius 2 is 0.742 bits per heavy atom. The van der Waals surface area contributed by atoms with Gasteiger partial charge in [0, 0.05) is 27.9 Å². The summed E-state index contributed by atoms with van der Waals surface area (Å²) in [4.78, 5) is 2.47. The van der Waals surface area contributed by atoms with Crippen molar-refractivity contribution in [2.75, 3.05) is 4.90 Å². The van der Waals surface area contributed by atoms with Crippen LogP contribution in [0.3, 0.4) is 0 Å². The van der Waals surface area contributed by atoms with Gasteiger partial charge in [0.15, 0.2) is 0 Å². The fraction of sp³-hybridized carbons (Fsp3) is 0.115. The first-order chi connectivity index (χ1) is 30.3. The number of nitrogens with zero attached hydrogens (tertiary/aromatic N) is 1. The maximum atomic E-state index is 2.47. The SMILES string of the molecule is CC1(C)c2ccccc2-c2ccc3c(c21)C(C)(C)c1ccc(N(c2ccc(-c4ccccc4)cc2)c2cccc(C4(c5ccccc5)c5ccccc5-c5ccccc54)c2)cc1-3. The normalized spacial score (nSPS) is 15.2. The third-order valence-electron chi connectivity index (χ3n) is 14.5. The van der Waals surface area contributed by atoms with Gasteiger partial charge in [-0.1, -0.05) is 204 Å². The van der Waals surface area contributed by atoms with Crippen molar-refractivity contribution in [3.8, 4) is 44.5 Å². The second kappa shape index (κ2) is 13.4. The Morgan fingerprint density at radius 3 is 1.37 bits per heavy atom. The minimum Gasteiger partial charge on any atom is -0.310 e. The summed E-state index contributed by atoms with van der Waals surface area (Å²) < 4.78 is 0. The molecule has 0 radical (unpaired) electrons. The van der Waals surface area contributed by atoms with Crippen LogP contribution >= 0.6 is 0 Å². The number of hydrogen-bond acceptors (Lipinski definition) is 1. The van der Waals surface area contributed by atoms with Crippen LogP contribution in [0.1, 0.15) is 72.2 Å². The molecule has 0 heterocycles. The second-order valence-corrected chi connectivity index (χ2v) is 18.4. The summed E-state index contributed by atoms with van der Waals surface area (Å²) >= 11 is 0. The van der Waals surface area contributed by atoms with Crippen molar-refractivity contribution in [2.24, 2.45) is 0 Å². The molecule has 0 amide bonds. The van der Waals surface area contributed by atoms with E-state index in [1.165, 1.54) is 89.0 Å². The molecule has 0 atom stereocenters. The van der Waals surface area contributed by atoms with Crippen molar-refractivity contribution in [3.05, 3.63) is 257 Å². The molecule has 1 heteroatoms. The van der Waals surface area contributed by atoms with Gasteiger partial charge in [0.25, 0.3) is 0 Å². The van der Waals surface area contributed by atoms with Crippen LogP contribution in [-0.2, 0) is 16.2 Å². The number of rotatable bonds is 6. The Kier molecular flexibility index (Phi) is 7.91. The molecule has 0 aromatic heterocycles. The summed E-state index contributed by atoms with van der Waals surface area (Å²) in [6, 6.07) is 79.3. The van der Waals surface area contributed by atoms with Crippen LogP contribution < -0.4 is 4.90 Å². The summed E-state index contributed by atoms with van der Waals surface area (Å²) in [6.07, 6.45) is 0. The highest BCUT2D eigenvalue weighted by molar-refractivity contribution is 5.94. The maximum absolute atomic E-state index is 2.47. The van der Waals surface area contributed by atoms with E-state index in [0.29, 0.717) is 0 Å². The highest BCUT2D eigenvalue weighted by atomic mass is 15.1. The smallest absolute Gasteiger partial charge is 0.0714 e. The van der Waals surface area contributed by atoms with E-state index >= 15 is 0 Å². The van der Waals surface area contributed by atoms with Crippen LogP contribution in [0.4, 0.5) is 17.1 Å². The van der Waals surface area contributed by atoms with Crippen molar-refractivity contribution in [1.82, 2.24) is 0 Å². The van der Waals surface area contributed by atoms with Gasteiger partial charge >= 0.3 is 0 Å². The first-order valence-corrected chi connectivity index (χ1v) is 22.0. The minimum absolute atomic E-state index is 0.0986. The molecule has 12 rings (SSSR count). The van der Waals surface area contributed by atoms with Crippen molar-refractivity contribution < 1.29 is 0 Å². The third-order valence-corrected chi connectivity index (χ3v) is 14.5. The summed E-state index contributed by atoms with van der Waals surface area (Å²) in [5.74, 6) is 0. The standard InChI is InChI=1S/C61H47N/c1-59(2)53-27-14-11-26-49(53)50-35-36-51-52-39-46(34-37-54(52)60(3,4)58(51)57(50)59)62(44-32-30-41(31-33-44)40-18-7-5-8-19-40)45-23-17-22-43(38-45)61(42-20-9-6-10-21-42)55-28-15-12-24-47(55)48-25-13-16-29-56(48)61/h5-39H,1-4H3. The number of hydrogen-bond donors (Lipinski definition) is 0. The van der Waals surface area contributed by atoms with Gasteiger partial charge < -0.3 is 4.90 Å². The molecule has 0 saturated heterocycles. The molecular weight excluding hydrogens is 747 g/mol. The molecule has 3 aliphatic rings. The number of benzene rings is 9. The Labute approximate surface area is 365 Å². The molecule has 1 nitrogen and oxygen atoms in total. The predicted molar refractivity (Wildman–Crippen MR) is 259 cm³/mol. The predicted octanol–water partition coefficient (Wildman–Crippen LogP) is 15.8. The molecule has 0 fully saturated rings. The average molecular weight is 794 g/mol. The van der Waals surface area contributed by atoms with Crippen molar-refractivity contribution in [3.63, 3.8) is 0 Å². The highest BCUT2D eigenvalue weighted by Crippen LogP contribution is 2.60. The summed E-state index contributed by atoms with van der Waals surface area (Å²) in [5.41, 5.74) is 23.9. The molecule has 3 aliphatic carbocycles. The van der Waals surface area contributed by atoms with Crippen molar-refractivity contribution in [1.29, 1.82) is 0 Å². The molecule has 9 aromatic carbocycles. The summed E-state index contributed by atoms with van der Waals surface area (Å²) in [5, 5.41) is 0. The monoisotopic (exact) mass is 793 g/mol. The van der Waals surface area contributed by atoms with Crippen molar-refractivity contribution in [2.45, 2.75) is 43.9 Å². The molecule has 296 valence electrons. The summed E-state index contributed by atoms with van der Waals surface area (Å²) in [7, 11) is 0. The van der Waals surface area contributed by atoms with Gasteiger partial charge in [-0.25, -0.2) is 0 Å². The zero-order valence-corrected chi connectivity index (χ0v) is 35.7. The second-order valence-electron chi connectivity index (χ2n) is 18.4. The van der Waals surface area contributed by atoms with Crippen molar-refractivity contribution >= 4 is 17.1 Å². The zero-order valence-electron chi connectivity index (χ0n) is 35.7. The minimum atomic E-state index is -0.501. The van der Waals surface area contributed by atoms with Gasteiger partial charge in [-0.3, -0.25) is 0 Å². The Morgan fingerprint density at radius 1 is 0.290 bits per heavy atom. The Balaban J connectivity index is 1.07. The van der Waals surface area contributed by atoms with Crippen LogP contribution in [0.2, 0.25) is 0 Å². The largest absolute Gasteiger partial charge is 0.310 e. The van der Waals surface area contributed by atoms with E-state index in [2.05, 4.69) is 245 Å². The average Bonchev–Trinajstić information content (AvgIpc) is 3.85. The quantitative estimate of drug-likeness (QED) is 0.162. The molecular formula is C61H47N. The fourth-order valence-corrected chi connectivity index (χ4v) is 11.8. The van der Waals surface area contributed by atoms with E-state index in [1.807, 2.05) is 0 Å². The van der Waals surface area contributed by atoms with Crippen LogP contribution in [0.15, 0.2) is 212 Å². The topological polar surface area (TPSA) is 3.24 Å². The number of anilines is 3. The van der Waals surface area contributed by atoms with Gasteiger partial charge in [-0.15, -0.1) is 0 Å². The van der Waals surface area contributed by atoms with Crippen LogP contribution in [0.5, 0.6) is 0 Å². The van der Waals surface area contributed by atoms with Gasteiger partial charge in [0.05, 0.1) is 5.41 Å². The molecule has 0 saturated carbocycles. The van der Waals surface area contributed by atoms with E-state index < -0.39 is 5.41 Å². The van der Waals surface area contributed by atoms with Gasteiger partial charge in [-0.05, 0) is 125 Å². The fourth-order valence-electron chi connectivity index (χ4n) is 11.8. The molecule has 0 aliphatic heterocycles. The van der Waals surface area contributed by atoms with E-state index in [1.54, 1.807) is 0 Å².